The van der Waals surface area contributed by atoms with Gasteiger partial charge >= 0.3 is 0 Å². The minimum atomic E-state index is -0.0588. The predicted molar refractivity (Wildman–Crippen MR) is 127 cm³/mol. The molecule has 0 aliphatic rings. The van der Waals surface area contributed by atoms with Gasteiger partial charge in [-0.25, -0.2) is 9.97 Å². The van der Waals surface area contributed by atoms with Crippen molar-refractivity contribution < 1.29 is 4.79 Å². The number of rotatable bonds is 6. The van der Waals surface area contributed by atoms with E-state index in [2.05, 4.69) is 32.2 Å². The molecular weight excluding hydrogens is 406 g/mol. The number of nitrogens with one attached hydrogen (secondary N) is 3. The van der Waals surface area contributed by atoms with Crippen LogP contribution in [-0.2, 0) is 4.79 Å². The number of amides is 1. The van der Waals surface area contributed by atoms with Crippen LogP contribution >= 0.6 is 11.8 Å². The third-order valence-corrected chi connectivity index (χ3v) is 6.25. The molecule has 2 heterocycles. The SMILES string of the molecule is CC(SCC(=O)Nc1ccccc1-c1nc2ccccc2[nH]1)c1nc2ccccc2[nH]1. The smallest absolute Gasteiger partial charge is 0.234 e. The maximum absolute atomic E-state index is 12.7. The van der Waals surface area contributed by atoms with E-state index in [-0.39, 0.29) is 11.2 Å². The van der Waals surface area contributed by atoms with Gasteiger partial charge < -0.3 is 15.3 Å². The number of anilines is 1. The number of hydrogen-bond acceptors (Lipinski definition) is 4. The summed E-state index contributed by atoms with van der Waals surface area (Å²) in [7, 11) is 0. The maximum atomic E-state index is 12.7. The van der Waals surface area contributed by atoms with Crippen molar-refractivity contribution in [3.05, 3.63) is 78.6 Å². The maximum Gasteiger partial charge on any atom is 0.234 e. The number of para-hydroxylation sites is 5. The summed E-state index contributed by atoms with van der Waals surface area (Å²) in [6, 6.07) is 23.5. The van der Waals surface area contributed by atoms with Gasteiger partial charge in [0.25, 0.3) is 0 Å². The number of carbonyl (C=O) groups excluding carboxylic acids is 1. The molecule has 5 rings (SSSR count). The molecule has 5 aromatic rings. The van der Waals surface area contributed by atoms with Gasteiger partial charge in [-0.1, -0.05) is 36.4 Å². The van der Waals surface area contributed by atoms with Gasteiger partial charge in [0.1, 0.15) is 11.6 Å². The summed E-state index contributed by atoms with van der Waals surface area (Å²) in [5.41, 5.74) is 5.41. The van der Waals surface area contributed by atoms with Crippen molar-refractivity contribution in [1.29, 1.82) is 0 Å². The van der Waals surface area contributed by atoms with E-state index in [0.29, 0.717) is 5.75 Å². The second kappa shape index (κ2) is 8.28. The Balaban J connectivity index is 1.28. The first kappa shape index (κ1) is 19.4. The second-order valence-electron chi connectivity index (χ2n) is 7.29. The minimum Gasteiger partial charge on any atom is -0.341 e. The van der Waals surface area contributed by atoms with Gasteiger partial charge in [0, 0.05) is 5.56 Å². The number of aromatic amines is 2. The van der Waals surface area contributed by atoms with Gasteiger partial charge in [-0.15, -0.1) is 11.8 Å². The average molecular weight is 428 g/mol. The fourth-order valence-corrected chi connectivity index (χ4v) is 4.25. The topological polar surface area (TPSA) is 86.5 Å². The van der Waals surface area contributed by atoms with Crippen LogP contribution in [0.4, 0.5) is 5.69 Å². The Hall–Kier alpha value is -3.58. The van der Waals surface area contributed by atoms with Gasteiger partial charge in [-0.3, -0.25) is 4.79 Å². The lowest BCUT2D eigenvalue weighted by molar-refractivity contribution is -0.113. The van der Waals surface area contributed by atoms with Crippen molar-refractivity contribution in [3.63, 3.8) is 0 Å². The van der Waals surface area contributed by atoms with Crippen molar-refractivity contribution in [3.8, 4) is 11.4 Å². The van der Waals surface area contributed by atoms with Crippen molar-refractivity contribution in [1.82, 2.24) is 19.9 Å². The first-order valence-corrected chi connectivity index (χ1v) is 11.1. The number of fused-ring (bicyclic) bond motifs is 2. The number of thioether (sulfide) groups is 1. The van der Waals surface area contributed by atoms with Crippen LogP contribution in [-0.4, -0.2) is 31.6 Å². The molecule has 0 spiro atoms. The Kier molecular flexibility index (Phi) is 5.18. The number of nitrogens with zero attached hydrogens (tertiary/aromatic N) is 2. The zero-order valence-electron chi connectivity index (χ0n) is 16.9. The number of aromatic nitrogens is 4. The molecule has 7 heteroatoms. The van der Waals surface area contributed by atoms with Crippen LogP contribution in [0, 0.1) is 0 Å². The normalized spacial score (nSPS) is 12.3. The van der Waals surface area contributed by atoms with E-state index in [0.717, 1.165) is 45.0 Å². The summed E-state index contributed by atoms with van der Waals surface area (Å²) in [6.45, 7) is 2.05. The van der Waals surface area contributed by atoms with Crippen LogP contribution in [0.25, 0.3) is 33.5 Å². The van der Waals surface area contributed by atoms with E-state index in [9.17, 15) is 4.79 Å². The number of H-pyrrole nitrogens is 2. The molecule has 0 radical (unpaired) electrons. The van der Waals surface area contributed by atoms with E-state index in [1.54, 1.807) is 11.8 Å². The molecule has 154 valence electrons. The van der Waals surface area contributed by atoms with Crippen LogP contribution in [0.5, 0.6) is 0 Å². The molecule has 0 aliphatic carbocycles. The molecule has 0 saturated carbocycles. The number of benzene rings is 3. The van der Waals surface area contributed by atoms with E-state index in [1.807, 2.05) is 72.8 Å². The summed E-state index contributed by atoms with van der Waals surface area (Å²) in [5, 5.41) is 3.11. The highest BCUT2D eigenvalue weighted by atomic mass is 32.2. The lowest BCUT2D eigenvalue weighted by atomic mass is 10.1. The molecule has 3 aromatic carbocycles. The summed E-state index contributed by atoms with van der Waals surface area (Å²) in [5.74, 6) is 1.88. The zero-order valence-corrected chi connectivity index (χ0v) is 17.7. The molecule has 2 aromatic heterocycles. The highest BCUT2D eigenvalue weighted by Gasteiger charge is 2.15. The highest BCUT2D eigenvalue weighted by molar-refractivity contribution is 8.00. The standard InChI is InChI=1S/C24H21N5OS/c1-15(23-26-18-10-4-5-11-19(18)27-23)31-14-22(30)25-17-9-3-2-8-16(17)24-28-20-12-6-7-13-21(20)29-24/h2-13,15H,14H2,1H3,(H,25,30)(H,26,27)(H,28,29). The van der Waals surface area contributed by atoms with E-state index >= 15 is 0 Å². The largest absolute Gasteiger partial charge is 0.341 e. The first-order valence-electron chi connectivity index (χ1n) is 10.1. The third kappa shape index (κ3) is 4.04. The van der Waals surface area contributed by atoms with Crippen molar-refractivity contribution in [2.24, 2.45) is 0 Å². The molecule has 1 amide bonds. The van der Waals surface area contributed by atoms with Gasteiger partial charge in [-0.2, -0.15) is 0 Å². The fourth-order valence-electron chi connectivity index (χ4n) is 3.51. The van der Waals surface area contributed by atoms with Gasteiger partial charge in [0.15, 0.2) is 0 Å². The zero-order chi connectivity index (χ0) is 21.2. The van der Waals surface area contributed by atoms with Crippen molar-refractivity contribution in [2.45, 2.75) is 12.2 Å². The van der Waals surface area contributed by atoms with Crippen molar-refractivity contribution in [2.75, 3.05) is 11.1 Å². The van der Waals surface area contributed by atoms with Gasteiger partial charge in [0.2, 0.25) is 5.91 Å². The van der Waals surface area contributed by atoms with Crippen LogP contribution in [0.15, 0.2) is 72.8 Å². The number of imidazole rings is 2. The van der Waals surface area contributed by atoms with Crippen LogP contribution in [0.3, 0.4) is 0 Å². The second-order valence-corrected chi connectivity index (χ2v) is 8.62. The highest BCUT2D eigenvalue weighted by Crippen LogP contribution is 2.30. The van der Waals surface area contributed by atoms with Gasteiger partial charge in [0.05, 0.1) is 38.8 Å². The minimum absolute atomic E-state index is 0.0588. The Morgan fingerprint density at radius 3 is 2.29 bits per heavy atom. The molecule has 31 heavy (non-hydrogen) atoms. The Labute approximate surface area is 183 Å². The van der Waals surface area contributed by atoms with Crippen LogP contribution in [0.1, 0.15) is 18.0 Å². The summed E-state index contributed by atoms with van der Waals surface area (Å²) < 4.78 is 0. The van der Waals surface area contributed by atoms with E-state index in [4.69, 9.17) is 0 Å². The summed E-state index contributed by atoms with van der Waals surface area (Å²) >= 11 is 1.55. The van der Waals surface area contributed by atoms with E-state index in [1.165, 1.54) is 0 Å². The Bertz CT molecular complexity index is 1310. The quantitative estimate of drug-likeness (QED) is 0.332. The molecule has 0 bridgehead atoms. The summed E-state index contributed by atoms with van der Waals surface area (Å²) in [6.07, 6.45) is 0. The lowest BCUT2D eigenvalue weighted by Gasteiger charge is -2.11. The lowest BCUT2D eigenvalue weighted by Crippen LogP contribution is -2.15. The fraction of sp³-hybridized carbons (Fsp3) is 0.125. The monoisotopic (exact) mass is 427 g/mol. The molecule has 0 aliphatic heterocycles. The average Bonchev–Trinajstić information content (AvgIpc) is 3.42. The first-order chi connectivity index (χ1) is 15.2. The molecule has 3 N–H and O–H groups in total. The molecule has 1 atom stereocenters. The number of carbonyl (C=O) groups is 1. The van der Waals surface area contributed by atoms with Crippen LogP contribution < -0.4 is 5.32 Å². The number of hydrogen-bond donors (Lipinski definition) is 3. The molecule has 0 fully saturated rings. The Morgan fingerprint density at radius 2 is 1.55 bits per heavy atom. The van der Waals surface area contributed by atoms with Crippen molar-refractivity contribution >= 4 is 45.4 Å². The molecule has 6 nitrogen and oxygen atoms in total. The van der Waals surface area contributed by atoms with E-state index < -0.39 is 0 Å². The molecule has 1 unspecified atom stereocenters. The summed E-state index contributed by atoms with van der Waals surface area (Å²) in [4.78, 5) is 28.6. The predicted octanol–water partition coefficient (Wildman–Crippen LogP) is 5.54. The molecular formula is C24H21N5OS. The van der Waals surface area contributed by atoms with Crippen LogP contribution in [0.2, 0.25) is 0 Å². The molecule has 0 saturated heterocycles. The van der Waals surface area contributed by atoms with Gasteiger partial charge in [-0.05, 0) is 43.3 Å². The third-order valence-electron chi connectivity index (χ3n) is 5.10. The Morgan fingerprint density at radius 1 is 0.903 bits per heavy atom.